The van der Waals surface area contributed by atoms with Crippen molar-refractivity contribution in [3.8, 4) is 0 Å². The van der Waals surface area contributed by atoms with Gasteiger partial charge in [-0.3, -0.25) is 0 Å². The number of aromatic nitrogens is 2. The molecule has 3 rings (SSSR count). The summed E-state index contributed by atoms with van der Waals surface area (Å²) in [7, 11) is 0. The van der Waals surface area contributed by atoms with Crippen LogP contribution in [0.25, 0.3) is 0 Å². The Bertz CT molecular complexity index is 592. The van der Waals surface area contributed by atoms with Gasteiger partial charge in [0, 0.05) is 13.1 Å². The number of anilines is 1. The van der Waals surface area contributed by atoms with Gasteiger partial charge in [-0.25, -0.2) is 14.4 Å². The van der Waals surface area contributed by atoms with Crippen LogP contribution in [0.4, 0.5) is 10.2 Å². The monoisotopic (exact) mass is 285 g/mol. The van der Waals surface area contributed by atoms with Crippen molar-refractivity contribution >= 4 is 5.82 Å². The summed E-state index contributed by atoms with van der Waals surface area (Å²) in [4.78, 5) is 10.1. The number of halogens is 1. The van der Waals surface area contributed by atoms with Crippen LogP contribution in [0.5, 0.6) is 0 Å². The fraction of sp³-hybridized carbons (Fsp3) is 0.412. The van der Waals surface area contributed by atoms with Gasteiger partial charge in [0.25, 0.3) is 0 Å². The van der Waals surface area contributed by atoms with Crippen LogP contribution in [0.2, 0.25) is 0 Å². The Hall–Kier alpha value is -1.97. The topological polar surface area (TPSA) is 29.0 Å². The van der Waals surface area contributed by atoms with E-state index in [-0.39, 0.29) is 5.82 Å². The Labute approximate surface area is 124 Å². The lowest BCUT2D eigenvalue weighted by Gasteiger charge is -2.33. The second kappa shape index (κ2) is 6.20. The van der Waals surface area contributed by atoms with E-state index >= 15 is 0 Å². The first kappa shape index (κ1) is 14.0. The highest BCUT2D eigenvalue weighted by Crippen LogP contribution is 2.26. The van der Waals surface area contributed by atoms with E-state index in [2.05, 4.69) is 34.2 Å². The molecule has 1 aromatic heterocycles. The molecule has 0 saturated carbocycles. The fourth-order valence-electron chi connectivity index (χ4n) is 2.96. The Morgan fingerprint density at radius 1 is 1.14 bits per heavy atom. The fourth-order valence-corrected chi connectivity index (χ4v) is 2.96. The summed E-state index contributed by atoms with van der Waals surface area (Å²) < 4.78 is 14.1. The Kier molecular flexibility index (Phi) is 4.13. The molecule has 0 amide bonds. The van der Waals surface area contributed by atoms with E-state index < -0.39 is 0 Å². The molecule has 0 spiro atoms. The van der Waals surface area contributed by atoms with E-state index in [0.717, 1.165) is 32.4 Å². The number of benzene rings is 1. The highest BCUT2D eigenvalue weighted by Gasteiger charge is 2.23. The zero-order valence-corrected chi connectivity index (χ0v) is 12.3. The standard InChI is InChI=1S/C17H20FN3/c1-13-16(18)17(20-12-19-13)21-9-7-15(8-10-21)11-14-5-3-2-4-6-14/h2-6,12,15H,7-11H2,1H3. The summed E-state index contributed by atoms with van der Waals surface area (Å²) in [5.41, 5.74) is 1.81. The molecule has 0 unspecified atom stereocenters. The van der Waals surface area contributed by atoms with Crippen LogP contribution in [0, 0.1) is 18.7 Å². The molecule has 0 aliphatic carbocycles. The van der Waals surface area contributed by atoms with Crippen molar-refractivity contribution in [2.45, 2.75) is 26.2 Å². The van der Waals surface area contributed by atoms with Gasteiger partial charge in [-0.1, -0.05) is 30.3 Å². The van der Waals surface area contributed by atoms with Crippen molar-refractivity contribution in [3.63, 3.8) is 0 Å². The highest BCUT2D eigenvalue weighted by molar-refractivity contribution is 5.41. The first-order chi connectivity index (χ1) is 10.2. The zero-order valence-electron chi connectivity index (χ0n) is 12.3. The molecule has 0 atom stereocenters. The molecule has 1 fully saturated rings. The molecule has 0 radical (unpaired) electrons. The Morgan fingerprint density at radius 2 is 1.86 bits per heavy atom. The van der Waals surface area contributed by atoms with Crippen LogP contribution in [-0.4, -0.2) is 23.1 Å². The van der Waals surface area contributed by atoms with Crippen molar-refractivity contribution in [1.29, 1.82) is 0 Å². The van der Waals surface area contributed by atoms with Crippen LogP contribution in [0.3, 0.4) is 0 Å². The molecule has 3 nitrogen and oxygen atoms in total. The Morgan fingerprint density at radius 3 is 2.57 bits per heavy atom. The molecule has 0 N–H and O–H groups in total. The normalized spacial score (nSPS) is 16.2. The summed E-state index contributed by atoms with van der Waals surface area (Å²) in [5.74, 6) is 0.856. The Balaban J connectivity index is 1.61. The van der Waals surface area contributed by atoms with E-state index in [1.165, 1.54) is 11.9 Å². The van der Waals surface area contributed by atoms with E-state index in [1.54, 1.807) is 6.92 Å². The number of aryl methyl sites for hydroxylation is 1. The molecule has 2 heterocycles. The van der Waals surface area contributed by atoms with Gasteiger partial charge >= 0.3 is 0 Å². The number of hydrogen-bond donors (Lipinski definition) is 0. The van der Waals surface area contributed by atoms with Crippen molar-refractivity contribution in [1.82, 2.24) is 9.97 Å². The van der Waals surface area contributed by atoms with Crippen LogP contribution in [-0.2, 0) is 6.42 Å². The second-order valence-electron chi connectivity index (χ2n) is 5.72. The van der Waals surface area contributed by atoms with Gasteiger partial charge in [0.2, 0.25) is 0 Å². The maximum absolute atomic E-state index is 14.1. The summed E-state index contributed by atoms with van der Waals surface area (Å²) >= 11 is 0. The molecule has 0 bridgehead atoms. The lowest BCUT2D eigenvalue weighted by Crippen LogP contribution is -2.35. The minimum Gasteiger partial charge on any atom is -0.354 e. The molecule has 2 aromatic rings. The van der Waals surface area contributed by atoms with Gasteiger partial charge in [-0.2, -0.15) is 0 Å². The van der Waals surface area contributed by atoms with E-state index in [0.29, 0.717) is 17.4 Å². The number of hydrogen-bond acceptors (Lipinski definition) is 3. The lowest BCUT2D eigenvalue weighted by atomic mass is 9.90. The van der Waals surface area contributed by atoms with Crippen molar-refractivity contribution in [2.75, 3.05) is 18.0 Å². The molecule has 21 heavy (non-hydrogen) atoms. The van der Waals surface area contributed by atoms with Gasteiger partial charge in [-0.15, -0.1) is 0 Å². The van der Waals surface area contributed by atoms with Crippen molar-refractivity contribution in [3.05, 3.63) is 53.7 Å². The van der Waals surface area contributed by atoms with Crippen LogP contribution in [0.1, 0.15) is 24.1 Å². The average Bonchev–Trinajstić information content (AvgIpc) is 2.52. The summed E-state index contributed by atoms with van der Waals surface area (Å²) in [6.07, 6.45) is 4.72. The van der Waals surface area contributed by atoms with Gasteiger partial charge in [0.05, 0.1) is 5.69 Å². The third-order valence-electron chi connectivity index (χ3n) is 4.23. The molecule has 1 saturated heterocycles. The molecule has 1 aromatic carbocycles. The predicted molar refractivity (Wildman–Crippen MR) is 81.8 cm³/mol. The number of rotatable bonds is 3. The summed E-state index contributed by atoms with van der Waals surface area (Å²) in [6, 6.07) is 10.6. The quantitative estimate of drug-likeness (QED) is 0.865. The molecular weight excluding hydrogens is 265 g/mol. The maximum atomic E-state index is 14.1. The lowest BCUT2D eigenvalue weighted by molar-refractivity contribution is 0.398. The predicted octanol–water partition coefficient (Wildman–Crippen LogP) is 3.38. The number of piperidine rings is 1. The zero-order chi connectivity index (χ0) is 14.7. The average molecular weight is 285 g/mol. The van der Waals surface area contributed by atoms with Crippen LogP contribution >= 0.6 is 0 Å². The second-order valence-corrected chi connectivity index (χ2v) is 5.72. The molecule has 4 heteroatoms. The maximum Gasteiger partial charge on any atom is 0.186 e. The summed E-state index contributed by atoms with van der Waals surface area (Å²) in [5, 5.41) is 0. The van der Waals surface area contributed by atoms with Gasteiger partial charge in [0.15, 0.2) is 11.6 Å². The van der Waals surface area contributed by atoms with E-state index in [9.17, 15) is 4.39 Å². The smallest absolute Gasteiger partial charge is 0.186 e. The third-order valence-corrected chi connectivity index (χ3v) is 4.23. The van der Waals surface area contributed by atoms with Gasteiger partial charge < -0.3 is 4.90 Å². The van der Waals surface area contributed by atoms with Crippen molar-refractivity contribution in [2.24, 2.45) is 5.92 Å². The van der Waals surface area contributed by atoms with E-state index in [1.807, 2.05) is 11.0 Å². The third kappa shape index (κ3) is 3.20. The summed E-state index contributed by atoms with van der Waals surface area (Å²) in [6.45, 7) is 3.42. The van der Waals surface area contributed by atoms with Crippen molar-refractivity contribution < 1.29 is 4.39 Å². The highest BCUT2D eigenvalue weighted by atomic mass is 19.1. The first-order valence-electron chi connectivity index (χ1n) is 7.50. The van der Waals surface area contributed by atoms with Crippen LogP contribution < -0.4 is 4.90 Å². The molecule has 110 valence electrons. The first-order valence-corrected chi connectivity index (χ1v) is 7.50. The molecule has 1 aliphatic rings. The van der Waals surface area contributed by atoms with E-state index in [4.69, 9.17) is 0 Å². The minimum atomic E-state index is -0.279. The van der Waals surface area contributed by atoms with Gasteiger partial charge in [0.1, 0.15) is 6.33 Å². The van der Waals surface area contributed by atoms with Crippen LogP contribution in [0.15, 0.2) is 36.7 Å². The molecule has 1 aliphatic heterocycles. The minimum absolute atomic E-state index is 0.279. The largest absolute Gasteiger partial charge is 0.354 e. The SMILES string of the molecule is Cc1ncnc(N2CCC(Cc3ccccc3)CC2)c1F. The number of nitrogens with zero attached hydrogens (tertiary/aromatic N) is 3. The van der Waals surface area contributed by atoms with Gasteiger partial charge in [-0.05, 0) is 37.7 Å². The molecular formula is C17H20FN3.